The molecule has 1 aliphatic rings. The Kier molecular flexibility index (Phi) is 13.1. The number of nitrogens with two attached hydrogens (primary N) is 1. The summed E-state index contributed by atoms with van der Waals surface area (Å²) in [7, 11) is 0. The van der Waals surface area contributed by atoms with Crippen LogP contribution in [0.25, 0.3) is 0 Å². The molecule has 0 aromatic heterocycles. The maximum Gasteiger partial charge on any atom is 0.322 e. The Labute approximate surface area is 128 Å². The van der Waals surface area contributed by atoms with Gasteiger partial charge < -0.3 is 16.2 Å². The van der Waals surface area contributed by atoms with Crippen LogP contribution in [0.4, 0.5) is 0 Å². The molecule has 5 heteroatoms. The number of nitrogens with one attached hydrogen (secondary N) is 1. The van der Waals surface area contributed by atoms with Crippen LogP contribution < -0.4 is 11.1 Å². The lowest BCUT2D eigenvalue weighted by Gasteiger charge is -2.15. The monoisotopic (exact) mass is 300 g/mol. The van der Waals surface area contributed by atoms with Crippen LogP contribution in [0.2, 0.25) is 0 Å². The molecule has 1 aliphatic carbocycles. The van der Waals surface area contributed by atoms with Gasteiger partial charge >= 0.3 is 5.97 Å². The molecule has 1 rings (SSSR count). The zero-order valence-corrected chi connectivity index (χ0v) is 13.4. The van der Waals surface area contributed by atoms with Crippen molar-refractivity contribution in [2.24, 2.45) is 5.73 Å². The summed E-state index contributed by atoms with van der Waals surface area (Å²) in [6.45, 7) is 1.87. The molecular weight excluding hydrogens is 268 g/mol. The minimum absolute atomic E-state index is 0.163. The summed E-state index contributed by atoms with van der Waals surface area (Å²) in [5.41, 5.74) is 5.63. The van der Waals surface area contributed by atoms with Crippen molar-refractivity contribution in [3.63, 3.8) is 0 Å². The third kappa shape index (κ3) is 15.1. The van der Waals surface area contributed by atoms with E-state index in [1.807, 2.05) is 0 Å². The number of aliphatic carboxylic acids is 1. The Bertz CT molecular complexity index is 277. The molecule has 0 spiro atoms. The van der Waals surface area contributed by atoms with E-state index in [9.17, 15) is 9.59 Å². The normalized spacial score (nSPS) is 15.0. The highest BCUT2D eigenvalue weighted by Gasteiger charge is 2.06. The fourth-order valence-electron chi connectivity index (χ4n) is 2.29. The number of carboxylic acid groups (broad SMARTS) is 1. The summed E-state index contributed by atoms with van der Waals surface area (Å²) in [4.78, 5) is 21.1. The van der Waals surface area contributed by atoms with Crippen LogP contribution >= 0.6 is 0 Å². The van der Waals surface area contributed by atoms with Gasteiger partial charge in [-0.3, -0.25) is 9.59 Å². The average Bonchev–Trinajstić information content (AvgIpc) is 2.46. The number of hydrogen-bond acceptors (Lipinski definition) is 3. The van der Waals surface area contributed by atoms with Gasteiger partial charge in [-0.15, -0.1) is 0 Å². The molecular formula is C16H32N2O3. The fraction of sp³-hybridized carbons (Fsp3) is 0.875. The predicted octanol–water partition coefficient (Wildman–Crippen LogP) is 2.83. The highest BCUT2D eigenvalue weighted by molar-refractivity contribution is 5.80. The van der Waals surface area contributed by atoms with Crippen LogP contribution in [0.5, 0.6) is 0 Å². The summed E-state index contributed by atoms with van der Waals surface area (Å²) in [6, 6.07) is 0.536. The van der Waals surface area contributed by atoms with Gasteiger partial charge in [-0.2, -0.15) is 0 Å². The van der Waals surface area contributed by atoms with Gasteiger partial charge in [0.25, 0.3) is 0 Å². The Morgan fingerprint density at radius 3 is 2.19 bits per heavy atom. The maximum absolute atomic E-state index is 11.0. The van der Waals surface area contributed by atoms with Gasteiger partial charge in [-0.05, 0) is 19.3 Å². The summed E-state index contributed by atoms with van der Waals surface area (Å²) in [5.74, 6) is -1.16. The number of carbonyl (C=O) groups excluding carboxylic acids is 1. The number of hydrogen-bond donors (Lipinski definition) is 3. The summed E-state index contributed by atoms with van der Waals surface area (Å²) < 4.78 is 0. The van der Waals surface area contributed by atoms with E-state index in [-0.39, 0.29) is 12.5 Å². The molecule has 0 atom stereocenters. The van der Waals surface area contributed by atoms with Crippen molar-refractivity contribution >= 4 is 11.9 Å². The summed E-state index contributed by atoms with van der Waals surface area (Å²) in [5, 5.41) is 10.6. The molecule has 5 nitrogen and oxygen atoms in total. The van der Waals surface area contributed by atoms with E-state index < -0.39 is 5.97 Å². The highest BCUT2D eigenvalue weighted by atomic mass is 16.4. The lowest BCUT2D eigenvalue weighted by atomic mass is 9.97. The van der Waals surface area contributed by atoms with E-state index >= 15 is 0 Å². The van der Waals surface area contributed by atoms with Gasteiger partial charge in [-0.25, -0.2) is 0 Å². The van der Waals surface area contributed by atoms with Crippen LogP contribution in [0.15, 0.2) is 0 Å². The number of carboxylic acids is 1. The van der Waals surface area contributed by atoms with E-state index in [4.69, 9.17) is 10.8 Å². The molecule has 4 N–H and O–H groups in total. The van der Waals surface area contributed by atoms with E-state index in [1.54, 1.807) is 0 Å². The summed E-state index contributed by atoms with van der Waals surface area (Å²) >= 11 is 0. The van der Waals surface area contributed by atoms with E-state index in [1.165, 1.54) is 44.9 Å². The first-order valence-electron chi connectivity index (χ1n) is 8.30. The smallest absolute Gasteiger partial charge is 0.322 e. The van der Waals surface area contributed by atoms with Gasteiger partial charge in [0.15, 0.2) is 0 Å². The molecule has 124 valence electrons. The van der Waals surface area contributed by atoms with Crippen molar-refractivity contribution in [3.05, 3.63) is 0 Å². The second-order valence-corrected chi connectivity index (χ2v) is 5.73. The second kappa shape index (κ2) is 13.9. The standard InChI is InChI=1S/C10H19NO3.C6H13N/c1-2-3-4-5-6-7-9(12)11-8-10(13)14;7-6-4-2-1-3-5-6/h2-8H2,1H3,(H,11,12)(H,13,14);6H,1-5,7H2. The zero-order chi connectivity index (χ0) is 15.9. The van der Waals surface area contributed by atoms with Crippen molar-refractivity contribution in [2.75, 3.05) is 6.54 Å². The van der Waals surface area contributed by atoms with Crippen LogP contribution in [-0.2, 0) is 9.59 Å². The molecule has 1 amide bonds. The summed E-state index contributed by atoms with van der Waals surface area (Å²) in [6.07, 6.45) is 12.6. The molecule has 1 fully saturated rings. The molecule has 0 bridgehead atoms. The lowest BCUT2D eigenvalue weighted by Crippen LogP contribution is -2.28. The first kappa shape index (κ1) is 19.9. The number of rotatable bonds is 8. The second-order valence-electron chi connectivity index (χ2n) is 5.73. The van der Waals surface area contributed by atoms with Gasteiger partial charge in [0.1, 0.15) is 6.54 Å². The van der Waals surface area contributed by atoms with E-state index in [2.05, 4.69) is 12.2 Å². The van der Waals surface area contributed by atoms with Crippen molar-refractivity contribution in [2.45, 2.75) is 83.6 Å². The van der Waals surface area contributed by atoms with Crippen LogP contribution in [0.3, 0.4) is 0 Å². The van der Waals surface area contributed by atoms with Crippen molar-refractivity contribution in [1.29, 1.82) is 0 Å². The molecule has 0 saturated heterocycles. The van der Waals surface area contributed by atoms with Crippen LogP contribution in [0.1, 0.15) is 77.6 Å². The van der Waals surface area contributed by atoms with Crippen LogP contribution in [0, 0.1) is 0 Å². The Hall–Kier alpha value is -1.10. The first-order chi connectivity index (χ1) is 10.1. The molecule has 0 radical (unpaired) electrons. The quantitative estimate of drug-likeness (QED) is 0.601. The Morgan fingerprint density at radius 2 is 1.71 bits per heavy atom. The molecule has 0 unspecified atom stereocenters. The topological polar surface area (TPSA) is 92.4 Å². The molecule has 1 saturated carbocycles. The Balaban J connectivity index is 0.000000471. The third-order valence-electron chi connectivity index (χ3n) is 3.59. The minimum atomic E-state index is -0.996. The maximum atomic E-state index is 11.0. The zero-order valence-electron chi connectivity index (χ0n) is 13.4. The van der Waals surface area contributed by atoms with Crippen molar-refractivity contribution in [1.82, 2.24) is 5.32 Å². The SMILES string of the molecule is CCCCCCCC(=O)NCC(=O)O.NC1CCCCC1. The molecule has 21 heavy (non-hydrogen) atoms. The molecule has 0 aromatic carbocycles. The number of unbranched alkanes of at least 4 members (excludes halogenated alkanes) is 4. The van der Waals surface area contributed by atoms with Gasteiger partial charge in [0.2, 0.25) is 5.91 Å². The van der Waals surface area contributed by atoms with Crippen LogP contribution in [-0.4, -0.2) is 29.6 Å². The van der Waals surface area contributed by atoms with Crippen molar-refractivity contribution < 1.29 is 14.7 Å². The average molecular weight is 300 g/mol. The van der Waals surface area contributed by atoms with Gasteiger partial charge in [-0.1, -0.05) is 51.9 Å². The first-order valence-corrected chi connectivity index (χ1v) is 8.30. The highest BCUT2D eigenvalue weighted by Crippen LogP contribution is 2.14. The largest absolute Gasteiger partial charge is 0.480 e. The van der Waals surface area contributed by atoms with Gasteiger partial charge in [0.05, 0.1) is 0 Å². The molecule has 0 heterocycles. The van der Waals surface area contributed by atoms with Gasteiger partial charge in [0, 0.05) is 12.5 Å². The minimum Gasteiger partial charge on any atom is -0.480 e. The van der Waals surface area contributed by atoms with Crippen molar-refractivity contribution in [3.8, 4) is 0 Å². The lowest BCUT2D eigenvalue weighted by molar-refractivity contribution is -0.137. The number of amides is 1. The molecule has 0 aromatic rings. The fourth-order valence-corrected chi connectivity index (χ4v) is 2.29. The third-order valence-corrected chi connectivity index (χ3v) is 3.59. The van der Waals surface area contributed by atoms with E-state index in [0.29, 0.717) is 12.5 Å². The Morgan fingerprint density at radius 1 is 1.10 bits per heavy atom. The predicted molar refractivity (Wildman–Crippen MR) is 85.1 cm³/mol. The van der Waals surface area contributed by atoms with E-state index in [0.717, 1.165) is 19.3 Å². The molecule has 0 aliphatic heterocycles. The number of carbonyl (C=O) groups is 2.